The minimum atomic E-state index is -0.240. The first kappa shape index (κ1) is 19.7. The minimum absolute atomic E-state index is 0.240. The molecule has 7 heteroatoms. The van der Waals surface area contributed by atoms with Crippen molar-refractivity contribution < 1.29 is 4.39 Å². The van der Waals surface area contributed by atoms with E-state index in [1.165, 1.54) is 30.7 Å². The van der Waals surface area contributed by atoms with Gasteiger partial charge in [0.25, 0.3) is 0 Å². The second-order valence-corrected chi connectivity index (χ2v) is 8.68. The van der Waals surface area contributed by atoms with Crippen LogP contribution in [0.3, 0.4) is 0 Å². The second kappa shape index (κ2) is 9.26. The lowest BCUT2D eigenvalue weighted by molar-refractivity contribution is 0.614. The Morgan fingerprint density at radius 1 is 1.30 bits per heavy atom. The Kier molecular flexibility index (Phi) is 6.77. The molecule has 0 radical (unpaired) electrons. The lowest BCUT2D eigenvalue weighted by atomic mass is 10.1. The maximum absolute atomic E-state index is 13.0. The van der Waals surface area contributed by atoms with Crippen molar-refractivity contribution in [3.63, 3.8) is 0 Å². The van der Waals surface area contributed by atoms with Gasteiger partial charge in [0, 0.05) is 30.5 Å². The molecule has 1 aliphatic heterocycles. The summed E-state index contributed by atoms with van der Waals surface area (Å²) in [7, 11) is 0. The molecule has 2 N–H and O–H groups in total. The van der Waals surface area contributed by atoms with Gasteiger partial charge in [0.1, 0.15) is 5.82 Å². The Hall–Kier alpha value is -2.02. The van der Waals surface area contributed by atoms with Gasteiger partial charge in [-0.2, -0.15) is 16.9 Å². The van der Waals surface area contributed by atoms with Crippen molar-refractivity contribution in [1.29, 1.82) is 0 Å². The van der Waals surface area contributed by atoms with Crippen LogP contribution in [0.25, 0.3) is 5.69 Å². The van der Waals surface area contributed by atoms with Crippen LogP contribution in [0, 0.1) is 5.82 Å². The highest BCUT2D eigenvalue weighted by Gasteiger charge is 2.29. The number of aliphatic imine (C=N–C) groups is 1. The molecule has 27 heavy (non-hydrogen) atoms. The Balaban J connectivity index is 1.52. The Bertz CT molecular complexity index is 750. The third kappa shape index (κ3) is 5.73. The first-order valence-electron chi connectivity index (χ1n) is 9.55. The maximum atomic E-state index is 13.0. The monoisotopic (exact) mass is 389 g/mol. The molecule has 1 aromatic heterocycles. The highest BCUT2D eigenvalue weighted by atomic mass is 32.2. The Morgan fingerprint density at radius 2 is 2.11 bits per heavy atom. The molecule has 1 atom stereocenters. The lowest BCUT2D eigenvalue weighted by Gasteiger charge is -2.21. The number of guanidine groups is 1. The average Bonchev–Trinajstić information content (AvgIpc) is 3.30. The number of benzene rings is 1. The number of nitrogens with zero attached hydrogens (tertiary/aromatic N) is 3. The molecule has 1 aromatic carbocycles. The van der Waals surface area contributed by atoms with E-state index in [4.69, 9.17) is 4.99 Å². The first-order valence-corrected chi connectivity index (χ1v) is 10.5. The molecule has 0 aliphatic carbocycles. The smallest absolute Gasteiger partial charge is 0.191 e. The van der Waals surface area contributed by atoms with Crippen LogP contribution < -0.4 is 10.6 Å². The van der Waals surface area contributed by atoms with E-state index in [9.17, 15) is 4.39 Å². The van der Waals surface area contributed by atoms with Crippen molar-refractivity contribution in [3.8, 4) is 5.69 Å². The predicted molar refractivity (Wildman–Crippen MR) is 111 cm³/mol. The van der Waals surface area contributed by atoms with Crippen LogP contribution in [0.15, 0.2) is 41.5 Å². The number of hydrogen-bond acceptors (Lipinski definition) is 3. The third-order valence-electron chi connectivity index (χ3n) is 4.63. The van der Waals surface area contributed by atoms with E-state index >= 15 is 0 Å². The fraction of sp³-hybridized carbons (Fsp3) is 0.500. The zero-order chi connectivity index (χ0) is 19.1. The molecule has 1 aliphatic rings. The summed E-state index contributed by atoms with van der Waals surface area (Å²) < 4.78 is 15.1. The summed E-state index contributed by atoms with van der Waals surface area (Å²) in [5.41, 5.74) is 1.84. The van der Waals surface area contributed by atoms with Crippen molar-refractivity contribution in [2.75, 3.05) is 25.4 Å². The van der Waals surface area contributed by atoms with Crippen LogP contribution in [-0.2, 0) is 6.42 Å². The fourth-order valence-corrected chi connectivity index (χ4v) is 4.32. The first-order chi connectivity index (χ1) is 13.1. The molecule has 0 bridgehead atoms. The number of halogens is 1. The van der Waals surface area contributed by atoms with Gasteiger partial charge in [0.15, 0.2) is 5.96 Å². The van der Waals surface area contributed by atoms with Crippen molar-refractivity contribution in [1.82, 2.24) is 20.4 Å². The van der Waals surface area contributed by atoms with Gasteiger partial charge < -0.3 is 10.6 Å². The van der Waals surface area contributed by atoms with Gasteiger partial charge in [-0.1, -0.05) is 0 Å². The van der Waals surface area contributed by atoms with Gasteiger partial charge in [-0.05, 0) is 62.8 Å². The van der Waals surface area contributed by atoms with E-state index in [0.29, 0.717) is 0 Å². The van der Waals surface area contributed by atoms with Crippen molar-refractivity contribution in [2.24, 2.45) is 4.99 Å². The molecule has 1 saturated heterocycles. The third-order valence-corrected chi connectivity index (χ3v) is 6.15. The van der Waals surface area contributed by atoms with Crippen LogP contribution in [0.1, 0.15) is 32.4 Å². The van der Waals surface area contributed by atoms with E-state index in [2.05, 4.69) is 29.6 Å². The summed E-state index contributed by atoms with van der Waals surface area (Å²) in [6.45, 7) is 6.82. The van der Waals surface area contributed by atoms with E-state index in [1.807, 2.05) is 24.0 Å². The molecule has 5 nitrogen and oxygen atoms in total. The lowest BCUT2D eigenvalue weighted by Crippen LogP contribution is -2.39. The molecule has 0 amide bonds. The van der Waals surface area contributed by atoms with Crippen molar-refractivity contribution >= 4 is 17.7 Å². The van der Waals surface area contributed by atoms with E-state index in [1.54, 1.807) is 16.8 Å². The molecular formula is C20H28FN5S. The maximum Gasteiger partial charge on any atom is 0.191 e. The quantitative estimate of drug-likeness (QED) is 0.563. The zero-order valence-electron chi connectivity index (χ0n) is 16.0. The summed E-state index contributed by atoms with van der Waals surface area (Å²) in [6.07, 6.45) is 5.23. The average molecular weight is 390 g/mol. The standard InChI is InChI=1S/C20H28FN5S/c1-3-22-19(24-15-20(2)11-4-14-27-20)23-12-9-17-10-13-26(25-17)18-7-5-16(21)6-8-18/h5-8,10,13H,3-4,9,11-12,14-15H2,1-2H3,(H2,22,23,24). The molecule has 0 saturated carbocycles. The van der Waals surface area contributed by atoms with E-state index < -0.39 is 0 Å². The van der Waals surface area contributed by atoms with Crippen LogP contribution in [0.4, 0.5) is 4.39 Å². The van der Waals surface area contributed by atoms with Crippen molar-refractivity contribution in [2.45, 2.75) is 37.9 Å². The van der Waals surface area contributed by atoms with Crippen LogP contribution in [-0.4, -0.2) is 45.9 Å². The zero-order valence-corrected chi connectivity index (χ0v) is 16.9. The van der Waals surface area contributed by atoms with Crippen LogP contribution in [0.2, 0.25) is 0 Å². The normalized spacial score (nSPS) is 20.0. The van der Waals surface area contributed by atoms with E-state index in [-0.39, 0.29) is 10.6 Å². The summed E-state index contributed by atoms with van der Waals surface area (Å²) in [6, 6.07) is 8.33. The number of thioether (sulfide) groups is 1. The SMILES string of the molecule is CCNC(=NCC1(C)CCCS1)NCCc1ccn(-c2ccc(F)cc2)n1. The molecular weight excluding hydrogens is 361 g/mol. The number of aromatic nitrogens is 2. The molecule has 1 fully saturated rings. The van der Waals surface area contributed by atoms with Crippen LogP contribution in [0.5, 0.6) is 0 Å². The Labute approximate surface area is 164 Å². The summed E-state index contributed by atoms with van der Waals surface area (Å²) in [5.74, 6) is 1.87. The molecule has 0 spiro atoms. The molecule has 3 rings (SSSR count). The molecule has 2 heterocycles. The van der Waals surface area contributed by atoms with Gasteiger partial charge >= 0.3 is 0 Å². The minimum Gasteiger partial charge on any atom is -0.357 e. The van der Waals surface area contributed by atoms with Gasteiger partial charge in [-0.15, -0.1) is 0 Å². The fourth-order valence-electron chi connectivity index (χ4n) is 3.09. The van der Waals surface area contributed by atoms with Gasteiger partial charge in [-0.25, -0.2) is 9.07 Å². The number of hydrogen-bond donors (Lipinski definition) is 2. The topological polar surface area (TPSA) is 54.2 Å². The largest absolute Gasteiger partial charge is 0.357 e. The Morgan fingerprint density at radius 3 is 2.81 bits per heavy atom. The summed E-state index contributed by atoms with van der Waals surface area (Å²) in [5, 5.41) is 11.3. The van der Waals surface area contributed by atoms with Gasteiger partial charge in [0.05, 0.1) is 17.9 Å². The summed E-state index contributed by atoms with van der Waals surface area (Å²) >= 11 is 2.03. The highest BCUT2D eigenvalue weighted by Crippen LogP contribution is 2.37. The molecule has 1 unspecified atom stereocenters. The molecule has 2 aromatic rings. The van der Waals surface area contributed by atoms with Crippen LogP contribution >= 0.6 is 11.8 Å². The number of nitrogens with one attached hydrogen (secondary N) is 2. The number of rotatable bonds is 7. The van der Waals surface area contributed by atoms with E-state index in [0.717, 1.165) is 43.4 Å². The predicted octanol–water partition coefficient (Wildman–Crippen LogP) is 3.39. The highest BCUT2D eigenvalue weighted by molar-refractivity contribution is 8.00. The van der Waals surface area contributed by atoms with Gasteiger partial charge in [-0.3, -0.25) is 4.99 Å². The van der Waals surface area contributed by atoms with Crippen molar-refractivity contribution in [3.05, 3.63) is 48.0 Å². The molecule has 146 valence electrons. The van der Waals surface area contributed by atoms with Gasteiger partial charge in [0.2, 0.25) is 0 Å². The second-order valence-electron chi connectivity index (χ2n) is 7.00. The summed E-state index contributed by atoms with van der Waals surface area (Å²) in [4.78, 5) is 4.77.